The van der Waals surface area contributed by atoms with E-state index in [9.17, 15) is 5.26 Å². The molecule has 0 spiro atoms. The van der Waals surface area contributed by atoms with Crippen molar-refractivity contribution < 1.29 is 4.42 Å². The summed E-state index contributed by atoms with van der Waals surface area (Å²) in [7, 11) is 0. The van der Waals surface area contributed by atoms with Gasteiger partial charge in [-0.15, -0.1) is 0 Å². The molecule has 158 valence electrons. The second-order valence-electron chi connectivity index (χ2n) is 8.35. The number of fused-ring (bicyclic) bond motifs is 7. The first-order valence-corrected chi connectivity index (χ1v) is 11.1. The third-order valence-electron chi connectivity index (χ3n) is 6.51. The highest BCUT2D eigenvalue weighted by Crippen LogP contribution is 2.41. The van der Waals surface area contributed by atoms with Crippen LogP contribution in [0.3, 0.4) is 0 Å². The molecule has 0 aliphatic rings. The van der Waals surface area contributed by atoms with Gasteiger partial charge in [0, 0.05) is 27.9 Å². The quantitative estimate of drug-likeness (QED) is 0.281. The van der Waals surface area contributed by atoms with Gasteiger partial charge in [0.2, 0.25) is 0 Å². The molecule has 0 saturated heterocycles. The summed E-state index contributed by atoms with van der Waals surface area (Å²) in [4.78, 5) is 4.15. The number of rotatable bonds is 2. The molecule has 3 aromatic heterocycles. The second kappa shape index (κ2) is 7.06. The summed E-state index contributed by atoms with van der Waals surface area (Å²) >= 11 is 0. The number of para-hydroxylation sites is 3. The number of aromatic nitrogens is 2. The Labute approximate surface area is 194 Å². The molecule has 4 aromatic carbocycles. The molecule has 4 nitrogen and oxygen atoms in total. The molecule has 34 heavy (non-hydrogen) atoms. The van der Waals surface area contributed by atoms with E-state index in [1.807, 2.05) is 42.5 Å². The topological polar surface area (TPSA) is 54.8 Å². The maximum atomic E-state index is 9.38. The Bertz CT molecular complexity index is 1930. The third kappa shape index (κ3) is 2.55. The van der Waals surface area contributed by atoms with Gasteiger partial charge in [0.25, 0.3) is 0 Å². The summed E-state index contributed by atoms with van der Waals surface area (Å²) < 4.78 is 8.70. The lowest BCUT2D eigenvalue weighted by Crippen LogP contribution is -1.97. The number of hydrogen-bond acceptors (Lipinski definition) is 3. The van der Waals surface area contributed by atoms with Crippen LogP contribution in [0.5, 0.6) is 0 Å². The highest BCUT2D eigenvalue weighted by Gasteiger charge is 2.19. The van der Waals surface area contributed by atoms with Gasteiger partial charge >= 0.3 is 0 Å². The number of benzene rings is 4. The van der Waals surface area contributed by atoms with Crippen LogP contribution in [-0.4, -0.2) is 9.55 Å². The number of hydrogen-bond donors (Lipinski definition) is 0. The van der Waals surface area contributed by atoms with Crippen LogP contribution in [0.1, 0.15) is 5.69 Å². The van der Waals surface area contributed by atoms with Gasteiger partial charge in [-0.25, -0.2) is 4.98 Å². The minimum Gasteiger partial charge on any atom is -0.455 e. The Kier molecular flexibility index (Phi) is 3.88. The van der Waals surface area contributed by atoms with Crippen LogP contribution in [-0.2, 0) is 0 Å². The normalized spacial score (nSPS) is 11.5. The fourth-order valence-electron chi connectivity index (χ4n) is 5.07. The number of pyridine rings is 1. The number of furan rings is 1. The van der Waals surface area contributed by atoms with E-state index in [1.165, 1.54) is 0 Å². The van der Waals surface area contributed by atoms with E-state index in [0.29, 0.717) is 5.69 Å². The van der Waals surface area contributed by atoms with Gasteiger partial charge in [-0.2, -0.15) is 5.26 Å². The van der Waals surface area contributed by atoms with Crippen LogP contribution in [0.25, 0.3) is 60.6 Å². The van der Waals surface area contributed by atoms with E-state index in [-0.39, 0.29) is 0 Å². The molecule has 7 aromatic rings. The summed E-state index contributed by atoms with van der Waals surface area (Å²) in [6.45, 7) is 0. The Morgan fingerprint density at radius 1 is 0.735 bits per heavy atom. The summed E-state index contributed by atoms with van der Waals surface area (Å²) in [5.74, 6) is 0. The van der Waals surface area contributed by atoms with Crippen LogP contribution in [0.4, 0.5) is 0 Å². The van der Waals surface area contributed by atoms with E-state index < -0.39 is 0 Å². The van der Waals surface area contributed by atoms with Crippen molar-refractivity contribution in [2.24, 2.45) is 0 Å². The molecule has 0 amide bonds. The van der Waals surface area contributed by atoms with E-state index in [4.69, 9.17) is 4.42 Å². The fourth-order valence-corrected chi connectivity index (χ4v) is 5.07. The van der Waals surface area contributed by atoms with Crippen LogP contribution in [0, 0.1) is 11.3 Å². The van der Waals surface area contributed by atoms with E-state index in [1.54, 1.807) is 6.20 Å². The SMILES string of the molecule is N#Cc1cc(-c2ccccc2-n2c3ccccc3c3c4oc5ccccc5c4ccc32)ccn1. The predicted octanol–water partition coefficient (Wildman–Crippen LogP) is 7.62. The zero-order valence-electron chi connectivity index (χ0n) is 18.1. The predicted molar refractivity (Wildman–Crippen MR) is 136 cm³/mol. The molecular formula is C30H17N3O. The molecule has 0 unspecified atom stereocenters. The van der Waals surface area contributed by atoms with Crippen LogP contribution in [0.15, 0.2) is 108 Å². The van der Waals surface area contributed by atoms with E-state index in [0.717, 1.165) is 60.6 Å². The van der Waals surface area contributed by atoms with Gasteiger partial charge in [-0.05, 0) is 48.0 Å². The molecule has 0 atom stereocenters. The third-order valence-corrected chi connectivity index (χ3v) is 6.51. The number of nitriles is 1. The minimum absolute atomic E-state index is 0.401. The van der Waals surface area contributed by atoms with Crippen molar-refractivity contribution in [1.82, 2.24) is 9.55 Å². The molecule has 3 heterocycles. The summed E-state index contributed by atoms with van der Waals surface area (Å²) in [5.41, 5.74) is 7.41. The van der Waals surface area contributed by atoms with Crippen molar-refractivity contribution in [2.75, 3.05) is 0 Å². The van der Waals surface area contributed by atoms with Crippen molar-refractivity contribution >= 4 is 43.7 Å². The zero-order chi connectivity index (χ0) is 22.6. The van der Waals surface area contributed by atoms with E-state index in [2.05, 4.69) is 70.2 Å². The molecule has 0 radical (unpaired) electrons. The maximum absolute atomic E-state index is 9.38. The molecule has 0 aliphatic heterocycles. The maximum Gasteiger partial charge on any atom is 0.145 e. The lowest BCUT2D eigenvalue weighted by atomic mass is 10.0. The van der Waals surface area contributed by atoms with Crippen LogP contribution in [0.2, 0.25) is 0 Å². The fraction of sp³-hybridized carbons (Fsp3) is 0. The van der Waals surface area contributed by atoms with Crippen LogP contribution < -0.4 is 0 Å². The Morgan fingerprint density at radius 2 is 1.53 bits per heavy atom. The average Bonchev–Trinajstić information content (AvgIpc) is 3.44. The molecule has 0 saturated carbocycles. The molecule has 4 heteroatoms. The first-order valence-electron chi connectivity index (χ1n) is 11.1. The van der Waals surface area contributed by atoms with E-state index >= 15 is 0 Å². The largest absolute Gasteiger partial charge is 0.455 e. The van der Waals surface area contributed by atoms with Crippen LogP contribution >= 0.6 is 0 Å². The van der Waals surface area contributed by atoms with Gasteiger partial charge in [0.1, 0.15) is 22.9 Å². The van der Waals surface area contributed by atoms with Crippen molar-refractivity contribution in [2.45, 2.75) is 0 Å². The Balaban J connectivity index is 1.63. The lowest BCUT2D eigenvalue weighted by Gasteiger charge is -2.14. The molecule has 0 bridgehead atoms. The van der Waals surface area contributed by atoms with Crippen molar-refractivity contribution in [1.29, 1.82) is 5.26 Å². The Morgan fingerprint density at radius 3 is 2.44 bits per heavy atom. The summed E-state index contributed by atoms with van der Waals surface area (Å²) in [6, 6.07) is 35.2. The highest BCUT2D eigenvalue weighted by molar-refractivity contribution is 6.23. The zero-order valence-corrected chi connectivity index (χ0v) is 18.1. The molecule has 0 aliphatic carbocycles. The van der Waals surface area contributed by atoms with Crippen molar-refractivity contribution in [3.63, 3.8) is 0 Å². The molecule has 0 N–H and O–H groups in total. The Hall–Kier alpha value is -4.88. The lowest BCUT2D eigenvalue weighted by molar-refractivity contribution is 0.673. The van der Waals surface area contributed by atoms with Crippen molar-refractivity contribution in [3.05, 3.63) is 109 Å². The van der Waals surface area contributed by atoms with Gasteiger partial charge in [0.05, 0.1) is 22.1 Å². The first-order chi connectivity index (χ1) is 16.8. The standard InChI is InChI=1S/C30H17N3O/c31-18-20-17-19(15-16-32-20)21-7-1-4-10-25(21)33-26-11-5-2-9-24(26)29-27(33)14-13-23-22-8-3-6-12-28(22)34-30(23)29/h1-17H. The summed E-state index contributed by atoms with van der Waals surface area (Å²) in [6.07, 6.45) is 1.69. The van der Waals surface area contributed by atoms with Crippen molar-refractivity contribution in [3.8, 4) is 22.9 Å². The monoisotopic (exact) mass is 435 g/mol. The average molecular weight is 435 g/mol. The smallest absolute Gasteiger partial charge is 0.145 e. The summed E-state index contributed by atoms with van der Waals surface area (Å²) in [5, 5.41) is 13.9. The van der Waals surface area contributed by atoms with Gasteiger partial charge in [-0.1, -0.05) is 54.6 Å². The van der Waals surface area contributed by atoms with Gasteiger partial charge in [-0.3, -0.25) is 0 Å². The molecule has 7 rings (SSSR count). The van der Waals surface area contributed by atoms with Gasteiger partial charge < -0.3 is 8.98 Å². The molecule has 0 fully saturated rings. The highest BCUT2D eigenvalue weighted by atomic mass is 16.3. The van der Waals surface area contributed by atoms with Gasteiger partial charge in [0.15, 0.2) is 0 Å². The first kappa shape index (κ1) is 18.7. The minimum atomic E-state index is 0.401. The second-order valence-corrected chi connectivity index (χ2v) is 8.35. The molecular weight excluding hydrogens is 418 g/mol. The number of nitrogens with zero attached hydrogens (tertiary/aromatic N) is 3.